The van der Waals surface area contributed by atoms with Gasteiger partial charge < -0.3 is 4.42 Å². The van der Waals surface area contributed by atoms with Gasteiger partial charge in [-0.3, -0.25) is 9.59 Å². The second-order valence-corrected chi connectivity index (χ2v) is 20.0. The van der Waals surface area contributed by atoms with E-state index in [-0.39, 0.29) is 11.6 Å². The smallest absolute Gasteiger partial charge is 0.193 e. The van der Waals surface area contributed by atoms with Gasteiger partial charge in [-0.25, -0.2) is 0 Å². The molecule has 0 aliphatic carbocycles. The highest BCUT2D eigenvalue weighted by atomic mass is 32.2. The Bertz CT molecular complexity index is 3340. The van der Waals surface area contributed by atoms with E-state index in [1.54, 1.807) is 30.4 Å². The van der Waals surface area contributed by atoms with Crippen LogP contribution in [0.5, 0.6) is 0 Å². The molecule has 13 aromatic rings. The van der Waals surface area contributed by atoms with Gasteiger partial charge in [-0.15, -0.1) is 11.3 Å². The van der Waals surface area contributed by atoms with Crippen LogP contribution in [0.1, 0.15) is 33.2 Å². The largest absolute Gasteiger partial charge is 0.456 e. The van der Waals surface area contributed by atoms with Crippen LogP contribution in [0.3, 0.4) is 0 Å². The molecule has 13 rings (SSSR count). The van der Waals surface area contributed by atoms with Gasteiger partial charge in [0.1, 0.15) is 11.2 Å². The van der Waals surface area contributed by atoms with Crippen molar-refractivity contribution in [3.8, 4) is 0 Å². The fourth-order valence-corrected chi connectivity index (χ4v) is 10.4. The summed E-state index contributed by atoms with van der Waals surface area (Å²) in [7, 11) is 0. The first-order chi connectivity index (χ1) is 37.0. The minimum absolute atomic E-state index is 0.0752. The van der Waals surface area contributed by atoms with E-state index in [4.69, 9.17) is 4.42 Å². The highest BCUT2D eigenvalue weighted by Crippen LogP contribution is 2.33. The standard InChI is InChI=1S/C13H10O.C12H8O.C12H8S.2C12H10S.C8H8O/c14-13(11-7-3-1-4-8-11)12-9-5-2-6-10-12;2*1-3-7-11-9(5-1)10-6-2-4-8-12(10)13-11;2*1-3-7-11(8-4-1)13-12-9-5-2-6-10-12;1-7(9)8-5-3-2-4-6-8/h1-10H;2*1-8H;2*1-10H;2-6H,1H3. The summed E-state index contributed by atoms with van der Waals surface area (Å²) in [5.74, 6) is 0.196. The van der Waals surface area contributed by atoms with E-state index in [0.29, 0.717) is 0 Å². The van der Waals surface area contributed by atoms with Gasteiger partial charge in [0.15, 0.2) is 11.6 Å². The van der Waals surface area contributed by atoms with Crippen molar-refractivity contribution in [2.24, 2.45) is 0 Å². The lowest BCUT2D eigenvalue weighted by molar-refractivity contribution is 0.101. The predicted molar refractivity (Wildman–Crippen MR) is 320 cm³/mol. The zero-order valence-electron chi connectivity index (χ0n) is 41.4. The van der Waals surface area contributed by atoms with E-state index in [1.807, 2.05) is 163 Å². The van der Waals surface area contributed by atoms with Crippen molar-refractivity contribution in [1.29, 1.82) is 0 Å². The van der Waals surface area contributed by atoms with E-state index in [1.165, 1.54) is 50.5 Å². The van der Waals surface area contributed by atoms with E-state index in [0.717, 1.165) is 27.9 Å². The normalized spacial score (nSPS) is 10.1. The average Bonchev–Trinajstić information content (AvgIpc) is 4.07. The van der Waals surface area contributed by atoms with Gasteiger partial charge in [-0.2, -0.15) is 0 Å². The molecule has 0 N–H and O–H groups in total. The molecule has 3 nitrogen and oxygen atoms in total. The molecule has 2 heterocycles. The van der Waals surface area contributed by atoms with Crippen molar-refractivity contribution in [1.82, 2.24) is 0 Å². The number of ketones is 2. The van der Waals surface area contributed by atoms with Gasteiger partial charge in [0.05, 0.1) is 0 Å². The number of Topliss-reactive ketones (excluding diaryl/α,β-unsaturated/α-hetero) is 1. The number of hydrogen-bond donors (Lipinski definition) is 0. The van der Waals surface area contributed by atoms with Gasteiger partial charge >= 0.3 is 0 Å². The minimum Gasteiger partial charge on any atom is -0.456 e. The van der Waals surface area contributed by atoms with Crippen LogP contribution in [0, 0.1) is 0 Å². The zero-order chi connectivity index (χ0) is 51.7. The molecule has 6 heteroatoms. The molecule has 0 unspecified atom stereocenters. The number of para-hydroxylation sites is 2. The predicted octanol–water partition coefficient (Wildman–Crippen LogP) is 20.1. The fourth-order valence-electron chi connectivity index (χ4n) is 7.59. The van der Waals surface area contributed by atoms with Crippen molar-refractivity contribution >= 4 is 88.5 Å². The molecule has 75 heavy (non-hydrogen) atoms. The van der Waals surface area contributed by atoms with Crippen molar-refractivity contribution in [3.63, 3.8) is 0 Å². The molecule has 366 valence electrons. The van der Waals surface area contributed by atoms with Gasteiger partial charge in [-0.1, -0.05) is 260 Å². The Morgan fingerprint density at radius 3 is 0.853 bits per heavy atom. The number of furan rings is 1. The van der Waals surface area contributed by atoms with E-state index in [2.05, 4.69) is 158 Å². The first-order valence-electron chi connectivity index (χ1n) is 24.5. The van der Waals surface area contributed by atoms with Crippen molar-refractivity contribution in [3.05, 3.63) is 326 Å². The molecule has 0 aliphatic heterocycles. The Morgan fingerprint density at radius 1 is 0.293 bits per heavy atom. The third-order valence-electron chi connectivity index (χ3n) is 11.3. The van der Waals surface area contributed by atoms with Crippen molar-refractivity contribution < 1.29 is 14.0 Å². The highest BCUT2D eigenvalue weighted by Gasteiger charge is 2.07. The third-order valence-corrected chi connectivity index (χ3v) is 14.4. The van der Waals surface area contributed by atoms with Crippen molar-refractivity contribution in [2.75, 3.05) is 0 Å². The number of fused-ring (bicyclic) bond motifs is 6. The summed E-state index contributed by atoms with van der Waals surface area (Å²) in [4.78, 5) is 27.6. The number of hydrogen-bond acceptors (Lipinski definition) is 6. The molecule has 0 bridgehead atoms. The van der Waals surface area contributed by atoms with Gasteiger partial charge in [0, 0.05) is 67.2 Å². The number of thiophene rings is 1. The van der Waals surface area contributed by atoms with Crippen LogP contribution >= 0.6 is 34.9 Å². The first kappa shape index (κ1) is 52.8. The first-order valence-corrected chi connectivity index (χ1v) is 26.9. The molecule has 0 amide bonds. The second kappa shape index (κ2) is 28.7. The Hall–Kier alpha value is -8.52. The maximum Gasteiger partial charge on any atom is 0.193 e. The molecule has 0 saturated carbocycles. The molecule has 2 aromatic heterocycles. The summed E-state index contributed by atoms with van der Waals surface area (Å²) in [6.07, 6.45) is 0. The van der Waals surface area contributed by atoms with E-state index in [9.17, 15) is 9.59 Å². The van der Waals surface area contributed by atoms with E-state index >= 15 is 0 Å². The second-order valence-electron chi connectivity index (χ2n) is 16.6. The Morgan fingerprint density at radius 2 is 0.547 bits per heavy atom. The van der Waals surface area contributed by atoms with Gasteiger partial charge in [0.25, 0.3) is 0 Å². The molecule has 0 fully saturated rings. The summed E-state index contributed by atoms with van der Waals surface area (Å²) in [5, 5.41) is 5.14. The number of rotatable bonds is 7. The lowest BCUT2D eigenvalue weighted by atomic mass is 10.0. The Labute approximate surface area is 452 Å². The quantitative estimate of drug-likeness (QED) is 0.149. The molecule has 0 saturated heterocycles. The lowest BCUT2D eigenvalue weighted by Gasteiger charge is -1.99. The van der Waals surface area contributed by atoms with Gasteiger partial charge in [-0.05, 0) is 79.7 Å². The SMILES string of the molecule is CC(=O)c1ccccc1.O=C(c1ccccc1)c1ccccc1.c1ccc(Sc2ccccc2)cc1.c1ccc(Sc2ccccc2)cc1.c1ccc2c(c1)oc1ccccc12.c1ccc2c(c1)sc1ccccc12. The Kier molecular flexibility index (Phi) is 20.2. The summed E-state index contributed by atoms with van der Waals surface area (Å²) in [6, 6.07) is 103. The monoisotopic (exact) mass is 1030 g/mol. The summed E-state index contributed by atoms with van der Waals surface area (Å²) in [6.45, 7) is 1.56. The third kappa shape index (κ3) is 16.2. The number of benzene rings is 11. The number of carbonyl (C=O) groups is 2. The number of carbonyl (C=O) groups excluding carboxylic acids is 2. The van der Waals surface area contributed by atoms with Crippen LogP contribution in [0.2, 0.25) is 0 Å². The maximum absolute atomic E-state index is 11.8. The minimum atomic E-state index is 0.0752. The lowest BCUT2D eigenvalue weighted by Crippen LogP contribution is -1.99. The fraction of sp³-hybridized carbons (Fsp3) is 0.0145. The van der Waals surface area contributed by atoms with Crippen LogP contribution in [-0.4, -0.2) is 11.6 Å². The maximum atomic E-state index is 11.8. The summed E-state index contributed by atoms with van der Waals surface area (Å²) in [5.41, 5.74) is 4.17. The topological polar surface area (TPSA) is 47.3 Å². The van der Waals surface area contributed by atoms with Crippen LogP contribution in [0.25, 0.3) is 42.1 Å². The van der Waals surface area contributed by atoms with Crippen LogP contribution < -0.4 is 0 Å². The molecule has 0 aliphatic rings. The van der Waals surface area contributed by atoms with Gasteiger partial charge in [0.2, 0.25) is 0 Å². The molecular weight excluding hydrogens is 973 g/mol. The molecule has 0 spiro atoms. The average molecular weight is 1030 g/mol. The molecule has 11 aromatic carbocycles. The van der Waals surface area contributed by atoms with Crippen LogP contribution in [-0.2, 0) is 0 Å². The molecule has 0 atom stereocenters. The van der Waals surface area contributed by atoms with Crippen LogP contribution in [0.15, 0.2) is 333 Å². The summed E-state index contributed by atoms with van der Waals surface area (Å²) < 4.78 is 8.41. The summed E-state index contributed by atoms with van der Waals surface area (Å²) >= 11 is 5.44. The molecule has 0 radical (unpaired) electrons. The van der Waals surface area contributed by atoms with E-state index < -0.39 is 0 Å². The molecular formula is C69H54O3S3. The Balaban J connectivity index is 0.000000120. The van der Waals surface area contributed by atoms with Crippen LogP contribution in [0.4, 0.5) is 0 Å². The van der Waals surface area contributed by atoms with Crippen molar-refractivity contribution in [2.45, 2.75) is 26.5 Å². The highest BCUT2D eigenvalue weighted by molar-refractivity contribution is 7.99. The zero-order valence-corrected chi connectivity index (χ0v) is 43.8.